The molecule has 0 aromatic heterocycles. The van der Waals surface area contributed by atoms with Gasteiger partial charge in [0.15, 0.2) is 18.2 Å². The molecule has 1 aromatic carbocycles. The minimum atomic E-state index is -1.17. The second-order valence-electron chi connectivity index (χ2n) is 4.53. The summed E-state index contributed by atoms with van der Waals surface area (Å²) >= 11 is 3.11. The Bertz CT molecular complexity index is 519. The number of carbonyl (C=O) groups excluding carboxylic acids is 2. The highest BCUT2D eigenvalue weighted by molar-refractivity contribution is 9.10. The van der Waals surface area contributed by atoms with Crippen molar-refractivity contribution in [3.05, 3.63) is 28.5 Å². The third kappa shape index (κ3) is 4.48. The summed E-state index contributed by atoms with van der Waals surface area (Å²) in [6.45, 7) is 2.59. The molecule has 0 unspecified atom stereocenters. The molecule has 1 rings (SSSR count). The Morgan fingerprint density at radius 1 is 1.40 bits per heavy atom. The molecule has 0 saturated carbocycles. The summed E-state index contributed by atoms with van der Waals surface area (Å²) in [6, 6.07) is 4.22. The Morgan fingerprint density at radius 3 is 2.60 bits per heavy atom. The van der Waals surface area contributed by atoms with Gasteiger partial charge in [0.05, 0.1) is 7.11 Å². The lowest BCUT2D eigenvalue weighted by atomic mass is 10.1. The summed E-state index contributed by atoms with van der Waals surface area (Å²) in [7, 11) is 1.23. The highest BCUT2D eigenvalue weighted by Crippen LogP contribution is 2.21. The quantitative estimate of drug-likeness (QED) is 0.827. The molecule has 0 atom stereocenters. The Labute approximate surface area is 124 Å². The summed E-state index contributed by atoms with van der Waals surface area (Å²) in [5.74, 6) is -1.76. The van der Waals surface area contributed by atoms with Crippen molar-refractivity contribution >= 4 is 27.8 Å². The Hall–Kier alpha value is -1.63. The van der Waals surface area contributed by atoms with Crippen LogP contribution in [-0.4, -0.2) is 31.1 Å². The van der Waals surface area contributed by atoms with Crippen molar-refractivity contribution < 1.29 is 23.5 Å². The predicted octanol–water partition coefficient (Wildman–Crippen LogP) is 2.03. The molecule has 0 bridgehead atoms. The summed E-state index contributed by atoms with van der Waals surface area (Å²) in [5.41, 5.74) is -1.17. The SMILES string of the molecule is COC(=O)C(C)(C)NC(=O)COc1ccc(Br)cc1F. The van der Waals surface area contributed by atoms with E-state index in [1.165, 1.54) is 33.1 Å². The maximum absolute atomic E-state index is 13.5. The van der Waals surface area contributed by atoms with E-state index in [2.05, 4.69) is 26.0 Å². The molecule has 0 aliphatic carbocycles. The zero-order valence-electron chi connectivity index (χ0n) is 11.3. The third-order valence-electron chi connectivity index (χ3n) is 2.40. The topological polar surface area (TPSA) is 64.6 Å². The lowest BCUT2D eigenvalue weighted by Gasteiger charge is -2.23. The Balaban J connectivity index is 2.58. The normalized spacial score (nSPS) is 10.8. The maximum atomic E-state index is 13.5. The monoisotopic (exact) mass is 347 g/mol. The van der Waals surface area contributed by atoms with Crippen LogP contribution in [0.1, 0.15) is 13.8 Å². The van der Waals surface area contributed by atoms with Gasteiger partial charge < -0.3 is 14.8 Å². The van der Waals surface area contributed by atoms with Crippen LogP contribution < -0.4 is 10.1 Å². The van der Waals surface area contributed by atoms with Crippen molar-refractivity contribution in [1.29, 1.82) is 0 Å². The number of hydrogen-bond donors (Lipinski definition) is 1. The number of methoxy groups -OCH3 is 1. The second kappa shape index (κ2) is 6.69. The fourth-order valence-electron chi connectivity index (χ4n) is 1.43. The zero-order chi connectivity index (χ0) is 15.3. The summed E-state index contributed by atoms with van der Waals surface area (Å²) in [6.07, 6.45) is 0. The van der Waals surface area contributed by atoms with Gasteiger partial charge in [-0.1, -0.05) is 15.9 Å². The Kier molecular flexibility index (Phi) is 5.50. The number of benzene rings is 1. The minimum Gasteiger partial charge on any atom is -0.481 e. The van der Waals surface area contributed by atoms with E-state index in [-0.39, 0.29) is 5.75 Å². The van der Waals surface area contributed by atoms with Crippen LogP contribution in [0.5, 0.6) is 5.75 Å². The van der Waals surface area contributed by atoms with E-state index in [0.717, 1.165) is 0 Å². The molecule has 0 spiro atoms. The van der Waals surface area contributed by atoms with E-state index < -0.39 is 29.8 Å². The van der Waals surface area contributed by atoms with Crippen LogP contribution in [-0.2, 0) is 14.3 Å². The zero-order valence-corrected chi connectivity index (χ0v) is 12.9. The number of ether oxygens (including phenoxy) is 2. The number of amides is 1. The molecule has 20 heavy (non-hydrogen) atoms. The van der Waals surface area contributed by atoms with Crippen LogP contribution in [0.4, 0.5) is 4.39 Å². The maximum Gasteiger partial charge on any atom is 0.330 e. The minimum absolute atomic E-state index is 0.0424. The number of hydrogen-bond acceptors (Lipinski definition) is 4. The van der Waals surface area contributed by atoms with Gasteiger partial charge in [-0.05, 0) is 32.0 Å². The van der Waals surface area contributed by atoms with Crippen molar-refractivity contribution in [3.8, 4) is 5.75 Å². The van der Waals surface area contributed by atoms with E-state index in [1.54, 1.807) is 6.07 Å². The van der Waals surface area contributed by atoms with Gasteiger partial charge >= 0.3 is 5.97 Å². The molecule has 1 N–H and O–H groups in total. The van der Waals surface area contributed by atoms with Gasteiger partial charge in [0.2, 0.25) is 0 Å². The standard InChI is InChI=1S/C13H15BrFNO4/c1-13(2,12(18)19-3)16-11(17)7-20-10-5-4-8(14)6-9(10)15/h4-6H,7H2,1-3H3,(H,16,17). The van der Waals surface area contributed by atoms with Crippen LogP contribution in [0, 0.1) is 5.82 Å². The molecule has 1 amide bonds. The number of rotatable bonds is 5. The van der Waals surface area contributed by atoms with Crippen LogP contribution in [0.15, 0.2) is 22.7 Å². The lowest BCUT2D eigenvalue weighted by molar-refractivity contribution is -0.149. The summed E-state index contributed by atoms with van der Waals surface area (Å²) < 4.78 is 23.6. The average Bonchev–Trinajstić information content (AvgIpc) is 2.36. The molecule has 1 aromatic rings. The number of halogens is 2. The molecule has 0 aliphatic heterocycles. The van der Waals surface area contributed by atoms with E-state index in [9.17, 15) is 14.0 Å². The first kappa shape index (κ1) is 16.4. The molecule has 5 nitrogen and oxygen atoms in total. The van der Waals surface area contributed by atoms with Crippen molar-refractivity contribution in [2.24, 2.45) is 0 Å². The highest BCUT2D eigenvalue weighted by Gasteiger charge is 2.30. The first-order valence-corrected chi connectivity index (χ1v) is 6.53. The fraction of sp³-hybridized carbons (Fsp3) is 0.385. The third-order valence-corrected chi connectivity index (χ3v) is 2.89. The molecular formula is C13H15BrFNO4. The highest BCUT2D eigenvalue weighted by atomic mass is 79.9. The molecule has 0 fully saturated rings. The van der Waals surface area contributed by atoms with Gasteiger partial charge in [0.25, 0.3) is 5.91 Å². The van der Waals surface area contributed by atoms with Gasteiger partial charge in [0.1, 0.15) is 5.54 Å². The smallest absolute Gasteiger partial charge is 0.330 e. The summed E-state index contributed by atoms with van der Waals surface area (Å²) in [5, 5.41) is 2.44. The van der Waals surface area contributed by atoms with Gasteiger partial charge in [0, 0.05) is 4.47 Å². The van der Waals surface area contributed by atoms with Gasteiger partial charge in [-0.25, -0.2) is 9.18 Å². The average molecular weight is 348 g/mol. The number of carbonyl (C=O) groups is 2. The van der Waals surface area contributed by atoms with Gasteiger partial charge in [-0.3, -0.25) is 4.79 Å². The molecule has 0 radical (unpaired) electrons. The van der Waals surface area contributed by atoms with Crippen LogP contribution in [0.2, 0.25) is 0 Å². The first-order valence-electron chi connectivity index (χ1n) is 5.73. The van der Waals surface area contributed by atoms with Crippen LogP contribution in [0.3, 0.4) is 0 Å². The van der Waals surface area contributed by atoms with Gasteiger partial charge in [-0.2, -0.15) is 0 Å². The van der Waals surface area contributed by atoms with Crippen molar-refractivity contribution in [2.75, 3.05) is 13.7 Å². The first-order chi connectivity index (χ1) is 9.26. The number of esters is 1. The van der Waals surface area contributed by atoms with E-state index in [1.807, 2.05) is 0 Å². The second-order valence-corrected chi connectivity index (χ2v) is 5.44. The van der Waals surface area contributed by atoms with Crippen molar-refractivity contribution in [3.63, 3.8) is 0 Å². The van der Waals surface area contributed by atoms with Crippen LogP contribution in [0.25, 0.3) is 0 Å². The molecular weight excluding hydrogens is 333 g/mol. The molecule has 110 valence electrons. The summed E-state index contributed by atoms with van der Waals surface area (Å²) in [4.78, 5) is 23.0. The Morgan fingerprint density at radius 2 is 2.05 bits per heavy atom. The number of nitrogens with one attached hydrogen (secondary N) is 1. The molecule has 7 heteroatoms. The lowest BCUT2D eigenvalue weighted by Crippen LogP contribution is -2.51. The van der Waals surface area contributed by atoms with Crippen molar-refractivity contribution in [2.45, 2.75) is 19.4 Å². The molecule has 0 saturated heterocycles. The van der Waals surface area contributed by atoms with Gasteiger partial charge in [-0.15, -0.1) is 0 Å². The molecule has 0 heterocycles. The fourth-order valence-corrected chi connectivity index (χ4v) is 1.76. The van der Waals surface area contributed by atoms with Crippen molar-refractivity contribution in [1.82, 2.24) is 5.32 Å². The largest absolute Gasteiger partial charge is 0.481 e. The van der Waals surface area contributed by atoms with E-state index >= 15 is 0 Å². The van der Waals surface area contributed by atoms with Crippen LogP contribution >= 0.6 is 15.9 Å². The molecule has 0 aliphatic rings. The predicted molar refractivity (Wildman–Crippen MR) is 73.8 cm³/mol. The van der Waals surface area contributed by atoms with E-state index in [4.69, 9.17) is 4.74 Å². The van der Waals surface area contributed by atoms with E-state index in [0.29, 0.717) is 4.47 Å².